The molecule has 18 heavy (non-hydrogen) atoms. The predicted molar refractivity (Wildman–Crippen MR) is 75.5 cm³/mol. The van der Waals surface area contributed by atoms with Gasteiger partial charge in [0.2, 0.25) is 0 Å². The number of hydrogen-bond acceptors (Lipinski definition) is 2. The first-order valence-electron chi connectivity index (χ1n) is 6.73. The minimum Gasteiger partial charge on any atom is -0.465 e. The molecular weight excluding hydrogens is 246 g/mol. The number of hydrogen-bond donors (Lipinski definition) is 1. The SMILES string of the molecule is C[C@H]1C(O[Si](C)(C)C(C)(C)C)CCCN1C(=O)O. The average molecular weight is 273 g/mol. The molecule has 1 aliphatic heterocycles. The molecular formula is C13H27NO3Si. The summed E-state index contributed by atoms with van der Waals surface area (Å²) in [6.45, 7) is 13.7. The average Bonchev–Trinajstić information content (AvgIpc) is 2.18. The van der Waals surface area contributed by atoms with Crippen LogP contribution in [0.5, 0.6) is 0 Å². The van der Waals surface area contributed by atoms with E-state index in [1.165, 1.54) is 4.90 Å². The van der Waals surface area contributed by atoms with Crippen molar-refractivity contribution in [3.63, 3.8) is 0 Å². The summed E-state index contributed by atoms with van der Waals surface area (Å²) in [4.78, 5) is 12.7. The Balaban J connectivity index is 2.75. The monoisotopic (exact) mass is 273 g/mol. The Hall–Kier alpha value is -0.553. The largest absolute Gasteiger partial charge is 0.465 e. The number of nitrogens with zero attached hydrogens (tertiary/aromatic N) is 1. The number of carboxylic acid groups (broad SMARTS) is 1. The fraction of sp³-hybridized carbons (Fsp3) is 0.923. The maximum Gasteiger partial charge on any atom is 0.407 e. The van der Waals surface area contributed by atoms with Crippen LogP contribution in [-0.4, -0.2) is 43.1 Å². The van der Waals surface area contributed by atoms with Gasteiger partial charge in [0.05, 0.1) is 12.1 Å². The zero-order chi connectivity index (χ0) is 14.1. The van der Waals surface area contributed by atoms with Crippen LogP contribution in [-0.2, 0) is 4.43 Å². The van der Waals surface area contributed by atoms with E-state index in [1.54, 1.807) is 0 Å². The highest BCUT2D eigenvalue weighted by atomic mass is 28.4. The highest BCUT2D eigenvalue weighted by Crippen LogP contribution is 2.39. The van der Waals surface area contributed by atoms with E-state index in [-0.39, 0.29) is 17.2 Å². The minimum atomic E-state index is -1.82. The molecule has 4 nitrogen and oxygen atoms in total. The molecule has 0 aliphatic carbocycles. The van der Waals surface area contributed by atoms with Crippen LogP contribution in [0.2, 0.25) is 18.1 Å². The standard InChI is InChI=1S/C13H27NO3Si/c1-10-11(8-7-9-14(10)12(15)16)17-18(5,6)13(2,3)4/h10-11H,7-9H2,1-6H3,(H,15,16)/t10-,11?/m0/s1. The van der Waals surface area contributed by atoms with Gasteiger partial charge in [-0.2, -0.15) is 0 Å². The van der Waals surface area contributed by atoms with Crippen LogP contribution in [0.4, 0.5) is 4.79 Å². The summed E-state index contributed by atoms with van der Waals surface area (Å²) in [7, 11) is -1.82. The van der Waals surface area contributed by atoms with E-state index in [0.717, 1.165) is 12.8 Å². The lowest BCUT2D eigenvalue weighted by atomic mass is 10.0. The molecule has 0 aromatic heterocycles. The lowest BCUT2D eigenvalue weighted by Crippen LogP contribution is -2.54. The normalized spacial score (nSPS) is 26.2. The second-order valence-electron chi connectivity index (χ2n) is 6.78. The van der Waals surface area contributed by atoms with Crippen LogP contribution in [0.15, 0.2) is 0 Å². The first-order chi connectivity index (χ1) is 8.06. The highest BCUT2D eigenvalue weighted by Gasteiger charge is 2.42. The molecule has 0 spiro atoms. The van der Waals surface area contributed by atoms with Gasteiger partial charge in [-0.15, -0.1) is 0 Å². The van der Waals surface area contributed by atoms with Crippen LogP contribution >= 0.6 is 0 Å². The van der Waals surface area contributed by atoms with Gasteiger partial charge in [-0.3, -0.25) is 0 Å². The van der Waals surface area contributed by atoms with Crippen molar-refractivity contribution in [3.05, 3.63) is 0 Å². The Kier molecular flexibility index (Phi) is 4.49. The molecule has 0 aromatic carbocycles. The molecule has 0 aromatic rings. The van der Waals surface area contributed by atoms with Crippen molar-refractivity contribution in [2.45, 2.75) is 70.8 Å². The van der Waals surface area contributed by atoms with Gasteiger partial charge in [-0.1, -0.05) is 20.8 Å². The summed E-state index contributed by atoms with van der Waals surface area (Å²) in [6.07, 6.45) is 1.09. The molecule has 5 heteroatoms. The molecule has 0 radical (unpaired) electrons. The topological polar surface area (TPSA) is 49.8 Å². The van der Waals surface area contributed by atoms with Crippen LogP contribution in [0, 0.1) is 0 Å². The first kappa shape index (κ1) is 15.5. The molecule has 0 saturated carbocycles. The summed E-state index contributed by atoms with van der Waals surface area (Å²) in [6, 6.07) is -0.0367. The Morgan fingerprint density at radius 1 is 1.39 bits per heavy atom. The van der Waals surface area contributed by atoms with E-state index in [4.69, 9.17) is 9.53 Å². The number of carbonyl (C=O) groups is 1. The summed E-state index contributed by atoms with van der Waals surface area (Å²) in [5, 5.41) is 9.33. The van der Waals surface area contributed by atoms with Crippen molar-refractivity contribution in [2.75, 3.05) is 6.54 Å². The van der Waals surface area contributed by atoms with Crippen LogP contribution < -0.4 is 0 Å². The number of likely N-dealkylation sites (tertiary alicyclic amines) is 1. The third-order valence-electron chi connectivity index (χ3n) is 4.42. The number of rotatable bonds is 2. The van der Waals surface area contributed by atoms with E-state index in [2.05, 4.69) is 33.9 Å². The summed E-state index contributed by atoms with van der Waals surface area (Å²) in [5.41, 5.74) is 0. The van der Waals surface area contributed by atoms with Crippen molar-refractivity contribution in [2.24, 2.45) is 0 Å². The molecule has 1 aliphatic rings. The minimum absolute atomic E-state index is 0.0367. The van der Waals surface area contributed by atoms with Gasteiger partial charge in [0.15, 0.2) is 8.32 Å². The number of amides is 1. The fourth-order valence-corrected chi connectivity index (χ4v) is 3.52. The second-order valence-corrected chi connectivity index (χ2v) is 11.5. The van der Waals surface area contributed by atoms with Gasteiger partial charge in [-0.05, 0) is 37.9 Å². The molecule has 106 valence electrons. The van der Waals surface area contributed by atoms with E-state index < -0.39 is 14.4 Å². The summed E-state index contributed by atoms with van der Waals surface area (Å²) < 4.78 is 6.37. The van der Waals surface area contributed by atoms with Crippen molar-refractivity contribution in [1.29, 1.82) is 0 Å². The zero-order valence-corrected chi connectivity index (χ0v) is 13.5. The Labute approximate surface area is 111 Å². The van der Waals surface area contributed by atoms with Gasteiger partial charge in [-0.25, -0.2) is 4.79 Å². The van der Waals surface area contributed by atoms with E-state index >= 15 is 0 Å². The predicted octanol–water partition coefficient (Wildman–Crippen LogP) is 3.54. The Morgan fingerprint density at radius 3 is 2.39 bits per heavy atom. The quantitative estimate of drug-likeness (QED) is 0.783. The van der Waals surface area contributed by atoms with Crippen LogP contribution in [0.1, 0.15) is 40.5 Å². The summed E-state index contributed by atoms with van der Waals surface area (Å²) in [5.74, 6) is 0. The smallest absolute Gasteiger partial charge is 0.407 e. The molecule has 1 rings (SSSR count). The molecule has 1 heterocycles. The molecule has 1 saturated heterocycles. The van der Waals surface area contributed by atoms with Gasteiger partial charge in [0, 0.05) is 6.54 Å². The maximum atomic E-state index is 11.2. The van der Waals surface area contributed by atoms with Crippen LogP contribution in [0.3, 0.4) is 0 Å². The Bertz CT molecular complexity index is 312. The first-order valence-corrected chi connectivity index (χ1v) is 9.64. The van der Waals surface area contributed by atoms with Crippen molar-refractivity contribution >= 4 is 14.4 Å². The highest BCUT2D eigenvalue weighted by molar-refractivity contribution is 6.74. The molecule has 1 amide bonds. The summed E-state index contributed by atoms with van der Waals surface area (Å²) >= 11 is 0. The van der Waals surface area contributed by atoms with Gasteiger partial charge < -0.3 is 14.4 Å². The van der Waals surface area contributed by atoms with Gasteiger partial charge in [0.1, 0.15) is 0 Å². The zero-order valence-electron chi connectivity index (χ0n) is 12.5. The molecule has 1 unspecified atom stereocenters. The third kappa shape index (κ3) is 3.26. The van der Waals surface area contributed by atoms with Crippen molar-refractivity contribution in [1.82, 2.24) is 4.90 Å². The Morgan fingerprint density at radius 2 is 1.94 bits per heavy atom. The van der Waals surface area contributed by atoms with Crippen LogP contribution in [0.25, 0.3) is 0 Å². The third-order valence-corrected chi connectivity index (χ3v) is 8.92. The fourth-order valence-electron chi connectivity index (χ4n) is 2.09. The molecule has 2 atom stereocenters. The molecule has 1 fully saturated rings. The van der Waals surface area contributed by atoms with Gasteiger partial charge >= 0.3 is 6.09 Å². The molecule has 0 bridgehead atoms. The maximum absolute atomic E-state index is 11.2. The lowest BCUT2D eigenvalue weighted by molar-refractivity contribution is 0.0307. The lowest BCUT2D eigenvalue weighted by Gasteiger charge is -2.45. The van der Waals surface area contributed by atoms with Crippen molar-refractivity contribution in [3.8, 4) is 0 Å². The van der Waals surface area contributed by atoms with Crippen molar-refractivity contribution < 1.29 is 14.3 Å². The van der Waals surface area contributed by atoms with E-state index in [0.29, 0.717) is 6.54 Å². The molecule has 1 N–H and O–H groups in total. The van der Waals surface area contributed by atoms with E-state index in [1.807, 2.05) is 6.92 Å². The number of piperidine rings is 1. The van der Waals surface area contributed by atoms with Gasteiger partial charge in [0.25, 0.3) is 0 Å². The second kappa shape index (κ2) is 5.21. The van der Waals surface area contributed by atoms with E-state index in [9.17, 15) is 4.79 Å².